The van der Waals surface area contributed by atoms with Crippen molar-refractivity contribution >= 4 is 5.57 Å². The maximum absolute atomic E-state index is 2.40. The van der Waals surface area contributed by atoms with E-state index in [1.807, 2.05) is 0 Å². The van der Waals surface area contributed by atoms with Crippen molar-refractivity contribution in [3.8, 4) is 0 Å². The minimum absolute atomic E-state index is 0.538. The second-order valence-electron chi connectivity index (χ2n) is 5.24. The van der Waals surface area contributed by atoms with Crippen LogP contribution in [0.5, 0.6) is 0 Å². The quantitative estimate of drug-likeness (QED) is 0.758. The van der Waals surface area contributed by atoms with Crippen molar-refractivity contribution < 1.29 is 0 Å². The summed E-state index contributed by atoms with van der Waals surface area (Å²) in [7, 11) is 2.19. The molecule has 0 saturated carbocycles. The first-order valence-corrected chi connectivity index (χ1v) is 6.82. The van der Waals surface area contributed by atoms with Gasteiger partial charge < -0.3 is 4.90 Å². The van der Waals surface area contributed by atoms with E-state index in [1.54, 1.807) is 0 Å². The van der Waals surface area contributed by atoms with E-state index in [1.165, 1.54) is 35.2 Å². The first-order valence-electron chi connectivity index (χ1n) is 6.82. The van der Waals surface area contributed by atoms with Crippen LogP contribution in [0.4, 0.5) is 0 Å². The lowest BCUT2D eigenvalue weighted by molar-refractivity contribution is 0.332. The predicted molar refractivity (Wildman–Crippen MR) is 79.4 cm³/mol. The Hall–Kier alpha value is -1.50. The molecule has 1 unspecified atom stereocenters. The van der Waals surface area contributed by atoms with Gasteiger partial charge >= 0.3 is 0 Å². The number of benzene rings is 1. The third-order valence-corrected chi connectivity index (χ3v) is 3.76. The molecule has 0 bridgehead atoms. The summed E-state index contributed by atoms with van der Waals surface area (Å²) in [6.45, 7) is 6.58. The third kappa shape index (κ3) is 2.66. The van der Waals surface area contributed by atoms with Crippen molar-refractivity contribution in [2.75, 3.05) is 7.05 Å². The molecule has 0 radical (unpaired) electrons. The van der Waals surface area contributed by atoms with E-state index in [4.69, 9.17) is 0 Å². The average Bonchev–Trinajstić information content (AvgIpc) is 2.36. The molecule has 1 aliphatic rings. The molecule has 96 valence electrons. The van der Waals surface area contributed by atoms with Crippen molar-refractivity contribution in [3.63, 3.8) is 0 Å². The molecular formula is C17H23N. The summed E-state index contributed by atoms with van der Waals surface area (Å²) in [6.07, 6.45) is 7.13. The average molecular weight is 241 g/mol. The molecule has 1 aliphatic heterocycles. The summed E-state index contributed by atoms with van der Waals surface area (Å²) < 4.78 is 0. The molecule has 0 spiro atoms. The Labute approximate surface area is 111 Å². The molecule has 0 aliphatic carbocycles. The fourth-order valence-corrected chi connectivity index (χ4v) is 2.45. The molecule has 1 aromatic carbocycles. The van der Waals surface area contributed by atoms with E-state index >= 15 is 0 Å². The van der Waals surface area contributed by atoms with E-state index in [-0.39, 0.29) is 0 Å². The zero-order chi connectivity index (χ0) is 13.1. The van der Waals surface area contributed by atoms with Crippen LogP contribution >= 0.6 is 0 Å². The van der Waals surface area contributed by atoms with Gasteiger partial charge in [0.15, 0.2) is 0 Å². The Morgan fingerprint density at radius 3 is 2.39 bits per heavy atom. The van der Waals surface area contributed by atoms with Gasteiger partial charge in [-0.15, -0.1) is 0 Å². The van der Waals surface area contributed by atoms with Crippen molar-refractivity contribution in [2.45, 2.75) is 39.7 Å². The molecule has 0 fully saturated rings. The molecule has 0 aromatic heterocycles. The minimum atomic E-state index is 0.538. The molecule has 0 amide bonds. The Morgan fingerprint density at radius 1 is 1.11 bits per heavy atom. The molecule has 0 saturated heterocycles. The van der Waals surface area contributed by atoms with Crippen LogP contribution in [-0.2, 0) is 0 Å². The van der Waals surface area contributed by atoms with E-state index in [2.05, 4.69) is 69.1 Å². The highest BCUT2D eigenvalue weighted by Crippen LogP contribution is 2.27. The first-order chi connectivity index (χ1) is 8.61. The number of allylic oxidation sites excluding steroid dienone is 3. The maximum Gasteiger partial charge on any atom is 0.0475 e. The maximum atomic E-state index is 2.40. The van der Waals surface area contributed by atoms with Crippen LogP contribution in [-0.4, -0.2) is 18.0 Å². The highest BCUT2D eigenvalue weighted by atomic mass is 15.1. The number of hydrogen-bond donors (Lipinski definition) is 0. The Kier molecular flexibility index (Phi) is 3.90. The lowest BCUT2D eigenvalue weighted by atomic mass is 9.95. The number of aryl methyl sites for hydroxylation is 1. The van der Waals surface area contributed by atoms with E-state index in [0.717, 1.165) is 0 Å². The van der Waals surface area contributed by atoms with Crippen LogP contribution in [0, 0.1) is 6.92 Å². The first kappa shape index (κ1) is 12.9. The molecule has 1 aromatic rings. The molecular weight excluding hydrogens is 218 g/mol. The van der Waals surface area contributed by atoms with E-state index < -0.39 is 0 Å². The van der Waals surface area contributed by atoms with Crippen molar-refractivity contribution in [1.29, 1.82) is 0 Å². The van der Waals surface area contributed by atoms with Crippen LogP contribution in [0.25, 0.3) is 5.57 Å². The third-order valence-electron chi connectivity index (χ3n) is 3.76. The summed E-state index contributed by atoms with van der Waals surface area (Å²) in [4.78, 5) is 2.38. The highest BCUT2D eigenvalue weighted by Gasteiger charge is 2.17. The van der Waals surface area contributed by atoms with Gasteiger partial charge in [0.2, 0.25) is 0 Å². The molecule has 18 heavy (non-hydrogen) atoms. The van der Waals surface area contributed by atoms with E-state index in [0.29, 0.717) is 6.04 Å². The van der Waals surface area contributed by atoms with Gasteiger partial charge in [0.25, 0.3) is 0 Å². The van der Waals surface area contributed by atoms with Gasteiger partial charge in [-0.2, -0.15) is 0 Å². The Bertz CT molecular complexity index is 465. The summed E-state index contributed by atoms with van der Waals surface area (Å²) in [5.74, 6) is 0. The molecule has 1 atom stereocenters. The summed E-state index contributed by atoms with van der Waals surface area (Å²) in [6, 6.07) is 9.36. The van der Waals surface area contributed by atoms with Crippen molar-refractivity contribution in [2.24, 2.45) is 0 Å². The molecule has 1 heteroatoms. The fraction of sp³-hybridized carbons (Fsp3) is 0.412. The predicted octanol–water partition coefficient (Wildman–Crippen LogP) is 4.40. The Morgan fingerprint density at radius 2 is 1.78 bits per heavy atom. The fourth-order valence-electron chi connectivity index (χ4n) is 2.45. The van der Waals surface area contributed by atoms with Crippen LogP contribution in [0.2, 0.25) is 0 Å². The standard InChI is InChI=1S/C17H23N/c1-5-6-17-12-16(11-14(3)18(17)4)15-9-7-13(2)8-10-15/h7-12,17H,5-6H2,1-4H3. The van der Waals surface area contributed by atoms with Crippen LogP contribution in [0.3, 0.4) is 0 Å². The minimum Gasteiger partial charge on any atom is -0.372 e. The van der Waals surface area contributed by atoms with Crippen LogP contribution in [0.1, 0.15) is 37.8 Å². The lowest BCUT2D eigenvalue weighted by Crippen LogP contribution is -2.30. The largest absolute Gasteiger partial charge is 0.372 e. The SMILES string of the molecule is CCCC1C=C(c2ccc(C)cc2)C=C(C)N1C. The van der Waals surface area contributed by atoms with Gasteiger partial charge in [-0.05, 0) is 37.5 Å². The summed E-state index contributed by atoms with van der Waals surface area (Å²) in [5, 5.41) is 0. The molecule has 0 N–H and O–H groups in total. The topological polar surface area (TPSA) is 3.24 Å². The highest BCUT2D eigenvalue weighted by molar-refractivity contribution is 5.76. The van der Waals surface area contributed by atoms with Gasteiger partial charge in [-0.25, -0.2) is 0 Å². The van der Waals surface area contributed by atoms with Gasteiger partial charge in [-0.3, -0.25) is 0 Å². The normalized spacial score (nSPS) is 19.6. The van der Waals surface area contributed by atoms with Gasteiger partial charge in [0.05, 0.1) is 0 Å². The zero-order valence-corrected chi connectivity index (χ0v) is 11.9. The van der Waals surface area contributed by atoms with E-state index in [9.17, 15) is 0 Å². The number of hydrogen-bond acceptors (Lipinski definition) is 1. The monoisotopic (exact) mass is 241 g/mol. The van der Waals surface area contributed by atoms with Gasteiger partial charge in [0, 0.05) is 18.8 Å². The van der Waals surface area contributed by atoms with Crippen molar-refractivity contribution in [3.05, 3.63) is 53.2 Å². The Balaban J connectivity index is 2.31. The summed E-state index contributed by atoms with van der Waals surface area (Å²) >= 11 is 0. The molecule has 1 heterocycles. The smallest absolute Gasteiger partial charge is 0.0475 e. The van der Waals surface area contributed by atoms with Crippen LogP contribution in [0.15, 0.2) is 42.1 Å². The van der Waals surface area contributed by atoms with Gasteiger partial charge in [0.1, 0.15) is 0 Å². The second-order valence-corrected chi connectivity index (χ2v) is 5.24. The second kappa shape index (κ2) is 5.43. The van der Waals surface area contributed by atoms with Gasteiger partial charge in [-0.1, -0.05) is 49.2 Å². The lowest BCUT2D eigenvalue weighted by Gasteiger charge is -2.32. The number of nitrogens with zero attached hydrogens (tertiary/aromatic N) is 1. The van der Waals surface area contributed by atoms with Crippen molar-refractivity contribution in [1.82, 2.24) is 4.90 Å². The van der Waals surface area contributed by atoms with Crippen LogP contribution < -0.4 is 0 Å². The zero-order valence-electron chi connectivity index (χ0n) is 11.9. The number of likely N-dealkylation sites (N-methyl/N-ethyl adjacent to an activating group) is 1. The molecule has 1 nitrogen and oxygen atoms in total. The summed E-state index contributed by atoms with van der Waals surface area (Å²) in [5.41, 5.74) is 5.36. The molecule has 2 rings (SSSR count). The number of rotatable bonds is 3.